The normalized spacial score (nSPS) is 23.8. The van der Waals surface area contributed by atoms with Crippen LogP contribution in [0.1, 0.15) is 45.3 Å². The molecule has 1 aromatic rings. The molecule has 1 amide bonds. The highest BCUT2D eigenvalue weighted by Gasteiger charge is 2.49. The zero-order valence-electron chi connectivity index (χ0n) is 14.7. The third-order valence-corrected chi connectivity index (χ3v) is 4.89. The molecule has 2 rings (SSSR count). The lowest BCUT2D eigenvalue weighted by atomic mass is 9.72. The van der Waals surface area contributed by atoms with Crippen molar-refractivity contribution in [2.45, 2.75) is 52.1 Å². The third kappa shape index (κ3) is 4.50. The SMILES string of the molecule is CC(C)CC[C@@]1(C(=O)O)CN(C(=O)CCc2cc(=O)[nH]o2)CC[C@@H]1O. The minimum Gasteiger partial charge on any atom is -0.481 e. The molecule has 0 radical (unpaired) electrons. The van der Waals surface area contributed by atoms with Gasteiger partial charge in [0.25, 0.3) is 5.56 Å². The molecule has 0 aliphatic carbocycles. The lowest BCUT2D eigenvalue weighted by molar-refractivity contribution is -0.167. The summed E-state index contributed by atoms with van der Waals surface area (Å²) in [5, 5.41) is 22.2. The molecule has 8 heteroatoms. The number of rotatable bonds is 7. The number of carboxylic acids is 1. The number of amides is 1. The number of carbonyl (C=O) groups excluding carboxylic acids is 1. The van der Waals surface area contributed by atoms with Crippen molar-refractivity contribution in [3.8, 4) is 0 Å². The highest BCUT2D eigenvalue weighted by atomic mass is 16.5. The Labute approximate surface area is 145 Å². The standard InChI is InChI=1S/C17H26N2O6/c1-11(2)5-7-17(16(23)24)10-19(8-6-13(17)20)15(22)4-3-12-9-14(21)18-25-12/h9,11,13,20H,3-8,10H2,1-2H3,(H,18,21)(H,23,24)/t13-,17+/m0/s1. The maximum atomic E-state index is 12.5. The zero-order chi connectivity index (χ0) is 18.6. The molecule has 140 valence electrons. The van der Waals surface area contributed by atoms with Crippen LogP contribution >= 0.6 is 0 Å². The minimum atomic E-state index is -1.32. The van der Waals surface area contributed by atoms with Crippen molar-refractivity contribution in [2.75, 3.05) is 13.1 Å². The van der Waals surface area contributed by atoms with Crippen LogP contribution in [-0.2, 0) is 16.0 Å². The number of nitrogens with one attached hydrogen (secondary N) is 1. The molecule has 2 heterocycles. The smallest absolute Gasteiger partial charge is 0.314 e. The summed E-state index contributed by atoms with van der Waals surface area (Å²) in [6.45, 7) is 4.33. The van der Waals surface area contributed by atoms with Crippen LogP contribution in [0.2, 0.25) is 0 Å². The van der Waals surface area contributed by atoms with Crippen molar-refractivity contribution in [3.05, 3.63) is 22.2 Å². The number of H-pyrrole nitrogens is 1. The van der Waals surface area contributed by atoms with Crippen molar-refractivity contribution in [3.63, 3.8) is 0 Å². The van der Waals surface area contributed by atoms with Gasteiger partial charge >= 0.3 is 5.97 Å². The monoisotopic (exact) mass is 354 g/mol. The van der Waals surface area contributed by atoms with Gasteiger partial charge in [-0.05, 0) is 25.2 Å². The van der Waals surface area contributed by atoms with Gasteiger partial charge in [-0.25, -0.2) is 0 Å². The molecule has 0 unspecified atom stereocenters. The van der Waals surface area contributed by atoms with E-state index in [0.29, 0.717) is 31.1 Å². The average molecular weight is 354 g/mol. The fourth-order valence-electron chi connectivity index (χ4n) is 3.23. The maximum Gasteiger partial charge on any atom is 0.314 e. The van der Waals surface area contributed by atoms with E-state index in [0.717, 1.165) is 0 Å². The number of hydrogen-bond acceptors (Lipinski definition) is 5. The summed E-state index contributed by atoms with van der Waals surface area (Å²) in [5.41, 5.74) is -1.68. The molecule has 8 nitrogen and oxygen atoms in total. The molecule has 1 saturated heterocycles. The highest BCUT2D eigenvalue weighted by molar-refractivity contribution is 5.80. The van der Waals surface area contributed by atoms with E-state index in [4.69, 9.17) is 4.52 Å². The van der Waals surface area contributed by atoms with Crippen LogP contribution < -0.4 is 5.56 Å². The van der Waals surface area contributed by atoms with Crippen molar-refractivity contribution < 1.29 is 24.3 Å². The van der Waals surface area contributed by atoms with Crippen molar-refractivity contribution >= 4 is 11.9 Å². The molecule has 1 aliphatic rings. The molecule has 0 aromatic carbocycles. The predicted molar refractivity (Wildman–Crippen MR) is 89.0 cm³/mol. The Balaban J connectivity index is 2.04. The second-order valence-corrected chi connectivity index (χ2v) is 7.19. The number of carbonyl (C=O) groups is 2. The van der Waals surface area contributed by atoms with Gasteiger partial charge in [0.2, 0.25) is 5.91 Å². The molecule has 1 aliphatic heterocycles. The van der Waals surface area contributed by atoms with Crippen molar-refractivity contribution in [1.29, 1.82) is 0 Å². The first-order chi connectivity index (χ1) is 11.7. The Kier molecular flexibility index (Phi) is 6.05. The number of piperidine rings is 1. The largest absolute Gasteiger partial charge is 0.481 e. The predicted octanol–water partition coefficient (Wildman–Crippen LogP) is 1.00. The van der Waals surface area contributed by atoms with Gasteiger partial charge in [-0.3, -0.25) is 14.4 Å². The van der Waals surface area contributed by atoms with Gasteiger partial charge in [0.05, 0.1) is 6.10 Å². The number of aliphatic hydroxyl groups excluding tert-OH is 1. The third-order valence-electron chi connectivity index (χ3n) is 4.89. The van der Waals surface area contributed by atoms with E-state index in [-0.39, 0.29) is 37.3 Å². The second kappa shape index (κ2) is 7.86. The van der Waals surface area contributed by atoms with E-state index in [9.17, 15) is 24.6 Å². The molecule has 1 fully saturated rings. The van der Waals surface area contributed by atoms with E-state index >= 15 is 0 Å². The van der Waals surface area contributed by atoms with E-state index in [1.54, 1.807) is 0 Å². The summed E-state index contributed by atoms with van der Waals surface area (Å²) in [6.07, 6.45) is 0.669. The first kappa shape index (κ1) is 19.2. The summed E-state index contributed by atoms with van der Waals surface area (Å²) in [5.74, 6) is -0.564. The summed E-state index contributed by atoms with van der Waals surface area (Å²) in [4.78, 5) is 36.9. The van der Waals surface area contributed by atoms with Gasteiger partial charge < -0.3 is 19.6 Å². The molecule has 0 bridgehead atoms. The Morgan fingerprint density at radius 3 is 2.76 bits per heavy atom. The van der Waals surface area contributed by atoms with Crippen LogP contribution in [0.3, 0.4) is 0 Å². The summed E-state index contributed by atoms with van der Waals surface area (Å²) < 4.78 is 4.92. The Hall–Kier alpha value is -2.09. The number of nitrogens with zero attached hydrogens (tertiary/aromatic N) is 1. The minimum absolute atomic E-state index is 0.00609. The Bertz CT molecular complexity index is 664. The summed E-state index contributed by atoms with van der Waals surface area (Å²) in [7, 11) is 0. The zero-order valence-corrected chi connectivity index (χ0v) is 14.7. The van der Waals surface area contributed by atoms with Gasteiger partial charge in [-0.15, -0.1) is 0 Å². The van der Waals surface area contributed by atoms with Crippen LogP contribution in [0.4, 0.5) is 0 Å². The Morgan fingerprint density at radius 1 is 1.48 bits per heavy atom. The summed E-state index contributed by atoms with van der Waals surface area (Å²) >= 11 is 0. The maximum absolute atomic E-state index is 12.5. The van der Waals surface area contributed by atoms with Gasteiger partial charge in [0.1, 0.15) is 11.2 Å². The van der Waals surface area contributed by atoms with Gasteiger partial charge in [0.15, 0.2) is 0 Å². The fraction of sp³-hybridized carbons (Fsp3) is 0.706. The highest BCUT2D eigenvalue weighted by Crippen LogP contribution is 2.37. The summed E-state index contributed by atoms with van der Waals surface area (Å²) in [6, 6.07) is 1.29. The van der Waals surface area contributed by atoms with Gasteiger partial charge in [-0.1, -0.05) is 13.8 Å². The van der Waals surface area contributed by atoms with E-state index < -0.39 is 17.5 Å². The molecular formula is C17H26N2O6. The number of aliphatic carboxylic acids is 1. The molecule has 0 saturated carbocycles. The molecule has 2 atom stereocenters. The van der Waals surface area contributed by atoms with Crippen LogP contribution in [0.25, 0.3) is 0 Å². The Morgan fingerprint density at radius 2 is 2.20 bits per heavy atom. The molecule has 1 aromatic heterocycles. The van der Waals surface area contributed by atoms with Gasteiger partial charge in [0, 0.05) is 32.0 Å². The second-order valence-electron chi connectivity index (χ2n) is 7.19. The van der Waals surface area contributed by atoms with E-state index in [1.807, 2.05) is 13.8 Å². The average Bonchev–Trinajstić information content (AvgIpc) is 2.97. The van der Waals surface area contributed by atoms with Crippen LogP contribution in [0.15, 0.2) is 15.4 Å². The number of aryl methyl sites for hydroxylation is 1. The van der Waals surface area contributed by atoms with Crippen LogP contribution in [0, 0.1) is 11.3 Å². The number of aliphatic hydroxyl groups is 1. The van der Waals surface area contributed by atoms with E-state index in [2.05, 4.69) is 5.16 Å². The van der Waals surface area contributed by atoms with Gasteiger partial charge in [-0.2, -0.15) is 5.16 Å². The van der Waals surface area contributed by atoms with E-state index in [1.165, 1.54) is 11.0 Å². The first-order valence-corrected chi connectivity index (χ1v) is 8.61. The lowest BCUT2D eigenvalue weighted by Crippen LogP contribution is -2.57. The van der Waals surface area contributed by atoms with Crippen LogP contribution in [-0.4, -0.2) is 51.3 Å². The fourth-order valence-corrected chi connectivity index (χ4v) is 3.23. The number of likely N-dealkylation sites (tertiary alicyclic amines) is 1. The number of aromatic nitrogens is 1. The number of carboxylic acid groups (broad SMARTS) is 1. The lowest BCUT2D eigenvalue weighted by Gasteiger charge is -2.43. The first-order valence-electron chi connectivity index (χ1n) is 8.61. The van der Waals surface area contributed by atoms with Crippen molar-refractivity contribution in [2.24, 2.45) is 11.3 Å². The molecule has 0 spiro atoms. The van der Waals surface area contributed by atoms with Crippen LogP contribution in [0.5, 0.6) is 0 Å². The van der Waals surface area contributed by atoms with Crippen molar-refractivity contribution in [1.82, 2.24) is 10.1 Å². The quantitative estimate of drug-likeness (QED) is 0.671. The molecule has 25 heavy (non-hydrogen) atoms. The molecule has 3 N–H and O–H groups in total. The number of hydrogen-bond donors (Lipinski definition) is 3. The molecular weight excluding hydrogens is 328 g/mol. The number of aromatic amines is 1. The topological polar surface area (TPSA) is 124 Å².